The van der Waals surface area contributed by atoms with Gasteiger partial charge in [-0.1, -0.05) is 13.0 Å². The van der Waals surface area contributed by atoms with E-state index in [4.69, 9.17) is 4.98 Å². The summed E-state index contributed by atoms with van der Waals surface area (Å²) in [4.78, 5) is 18.4. The van der Waals surface area contributed by atoms with E-state index in [-0.39, 0.29) is 0 Å². The van der Waals surface area contributed by atoms with Gasteiger partial charge in [0.2, 0.25) is 5.95 Å². The van der Waals surface area contributed by atoms with Crippen LogP contribution < -0.4 is 15.1 Å². The van der Waals surface area contributed by atoms with Crippen LogP contribution in [0.25, 0.3) is 0 Å². The average Bonchev–Trinajstić information content (AvgIpc) is 2.68. The highest BCUT2D eigenvalue weighted by molar-refractivity contribution is 5.46. The number of nitrogens with one attached hydrogen (secondary N) is 1. The van der Waals surface area contributed by atoms with Crippen LogP contribution in [-0.2, 0) is 12.8 Å². The molecule has 0 amide bonds. The first-order valence-electron chi connectivity index (χ1n) is 10.4. The molecule has 2 aromatic rings. The quantitative estimate of drug-likeness (QED) is 0.794. The van der Waals surface area contributed by atoms with Gasteiger partial charge in [-0.2, -0.15) is 4.98 Å². The summed E-state index contributed by atoms with van der Waals surface area (Å²) in [5.74, 6) is 1.86. The van der Waals surface area contributed by atoms with Crippen molar-refractivity contribution in [3.8, 4) is 0 Å². The van der Waals surface area contributed by atoms with Gasteiger partial charge in [-0.3, -0.25) is 4.98 Å². The summed E-state index contributed by atoms with van der Waals surface area (Å²) in [6, 6.07) is 9.39. The van der Waals surface area contributed by atoms with Crippen LogP contribution in [-0.4, -0.2) is 54.2 Å². The second-order valence-electron chi connectivity index (χ2n) is 8.07. The van der Waals surface area contributed by atoms with Crippen LogP contribution in [0.15, 0.2) is 24.3 Å². The fourth-order valence-electron chi connectivity index (χ4n) is 3.78. The van der Waals surface area contributed by atoms with Crippen LogP contribution in [0.3, 0.4) is 0 Å². The second kappa shape index (κ2) is 9.32. The van der Waals surface area contributed by atoms with Gasteiger partial charge < -0.3 is 15.1 Å². The fourth-order valence-corrected chi connectivity index (χ4v) is 3.78. The first-order valence-corrected chi connectivity index (χ1v) is 10.4. The summed E-state index contributed by atoms with van der Waals surface area (Å²) in [5.41, 5.74) is 3.36. The van der Waals surface area contributed by atoms with Gasteiger partial charge in [0.1, 0.15) is 5.82 Å². The normalized spacial score (nSPS) is 16.2. The molecule has 1 atom stereocenters. The Morgan fingerprint density at radius 2 is 1.89 bits per heavy atom. The Morgan fingerprint density at radius 3 is 2.54 bits per heavy atom. The Labute approximate surface area is 169 Å². The summed E-state index contributed by atoms with van der Waals surface area (Å²) >= 11 is 0. The maximum Gasteiger partial charge on any atom is 0.227 e. The van der Waals surface area contributed by atoms with Crippen molar-refractivity contribution < 1.29 is 0 Å². The van der Waals surface area contributed by atoms with Crippen molar-refractivity contribution in [3.63, 3.8) is 0 Å². The number of pyridine rings is 1. The first kappa shape index (κ1) is 20.5. The standard InChI is InChI=1S/C22H34N6/c1-6-18-15-21(26-22(25-18)27(4)5)28-12-10-19(11-13-28)24-17(3)14-20-9-7-8-16(2)23-20/h7-9,15,17,19,24H,6,10-14H2,1-5H3/t17-/m1/s1. The highest BCUT2D eigenvalue weighted by Gasteiger charge is 2.22. The third-order valence-corrected chi connectivity index (χ3v) is 5.32. The van der Waals surface area contributed by atoms with E-state index in [1.54, 1.807) is 0 Å². The Hall–Kier alpha value is -2.21. The topological polar surface area (TPSA) is 57.2 Å². The Morgan fingerprint density at radius 1 is 1.14 bits per heavy atom. The molecule has 3 heterocycles. The van der Waals surface area contributed by atoms with E-state index in [0.717, 1.165) is 61.9 Å². The predicted molar refractivity (Wildman–Crippen MR) is 116 cm³/mol. The van der Waals surface area contributed by atoms with Gasteiger partial charge in [0.15, 0.2) is 0 Å². The minimum absolute atomic E-state index is 0.428. The van der Waals surface area contributed by atoms with Crippen LogP contribution in [0, 0.1) is 6.92 Å². The number of nitrogens with zero attached hydrogens (tertiary/aromatic N) is 5. The molecule has 1 aliphatic heterocycles. The lowest BCUT2D eigenvalue weighted by molar-refractivity contribution is 0.373. The molecule has 1 fully saturated rings. The van der Waals surface area contributed by atoms with Gasteiger partial charge in [-0.25, -0.2) is 4.98 Å². The smallest absolute Gasteiger partial charge is 0.227 e. The highest BCUT2D eigenvalue weighted by Crippen LogP contribution is 2.21. The van der Waals surface area contributed by atoms with Crippen molar-refractivity contribution >= 4 is 11.8 Å². The van der Waals surface area contributed by atoms with E-state index < -0.39 is 0 Å². The van der Waals surface area contributed by atoms with Gasteiger partial charge in [0, 0.05) is 68.8 Å². The molecule has 0 radical (unpaired) electrons. The van der Waals surface area contributed by atoms with Crippen molar-refractivity contribution in [1.82, 2.24) is 20.3 Å². The Kier molecular flexibility index (Phi) is 6.83. The average molecular weight is 383 g/mol. The molecule has 6 nitrogen and oxygen atoms in total. The van der Waals surface area contributed by atoms with Crippen LogP contribution in [0.5, 0.6) is 0 Å². The maximum atomic E-state index is 4.77. The molecule has 1 N–H and O–H groups in total. The maximum absolute atomic E-state index is 4.77. The van der Waals surface area contributed by atoms with E-state index >= 15 is 0 Å². The van der Waals surface area contributed by atoms with Crippen LogP contribution in [0.4, 0.5) is 11.8 Å². The molecule has 152 valence electrons. The number of hydrogen-bond donors (Lipinski definition) is 1. The van der Waals surface area contributed by atoms with Crippen molar-refractivity contribution in [3.05, 3.63) is 41.3 Å². The molecule has 3 rings (SSSR count). The molecular formula is C22H34N6. The number of piperidine rings is 1. The molecule has 0 unspecified atom stereocenters. The van der Waals surface area contributed by atoms with Crippen molar-refractivity contribution in [2.24, 2.45) is 0 Å². The van der Waals surface area contributed by atoms with E-state index in [1.807, 2.05) is 19.0 Å². The minimum atomic E-state index is 0.428. The second-order valence-corrected chi connectivity index (χ2v) is 8.07. The number of anilines is 2. The predicted octanol–water partition coefficient (Wildman–Crippen LogP) is 3.00. The van der Waals surface area contributed by atoms with Gasteiger partial charge in [-0.05, 0) is 45.2 Å². The van der Waals surface area contributed by atoms with Crippen molar-refractivity contribution in [2.45, 2.75) is 58.5 Å². The summed E-state index contributed by atoms with van der Waals surface area (Å²) in [5, 5.41) is 3.80. The highest BCUT2D eigenvalue weighted by atomic mass is 15.3. The van der Waals surface area contributed by atoms with E-state index in [0.29, 0.717) is 12.1 Å². The molecular weight excluding hydrogens is 348 g/mol. The molecule has 0 aromatic carbocycles. The molecule has 6 heteroatoms. The van der Waals surface area contributed by atoms with Crippen LogP contribution >= 0.6 is 0 Å². The molecule has 0 bridgehead atoms. The molecule has 28 heavy (non-hydrogen) atoms. The van der Waals surface area contributed by atoms with Crippen molar-refractivity contribution in [1.29, 1.82) is 0 Å². The first-order chi connectivity index (χ1) is 13.4. The summed E-state index contributed by atoms with van der Waals surface area (Å²) in [7, 11) is 4.00. The zero-order valence-corrected chi connectivity index (χ0v) is 17.9. The summed E-state index contributed by atoms with van der Waals surface area (Å²) < 4.78 is 0. The Bertz CT molecular complexity index is 767. The molecule has 2 aromatic heterocycles. The largest absolute Gasteiger partial charge is 0.356 e. The number of hydrogen-bond acceptors (Lipinski definition) is 6. The minimum Gasteiger partial charge on any atom is -0.356 e. The zero-order valence-electron chi connectivity index (χ0n) is 17.9. The van der Waals surface area contributed by atoms with Crippen molar-refractivity contribution in [2.75, 3.05) is 37.0 Å². The van der Waals surface area contributed by atoms with Gasteiger partial charge >= 0.3 is 0 Å². The lowest BCUT2D eigenvalue weighted by Gasteiger charge is -2.35. The summed E-state index contributed by atoms with van der Waals surface area (Å²) in [6.45, 7) is 8.51. The lowest BCUT2D eigenvalue weighted by Crippen LogP contribution is -2.46. The molecule has 0 saturated carbocycles. The number of rotatable bonds is 7. The molecule has 1 aliphatic rings. The van der Waals surface area contributed by atoms with Gasteiger partial charge in [0.05, 0.1) is 0 Å². The third-order valence-electron chi connectivity index (χ3n) is 5.32. The SMILES string of the molecule is CCc1cc(N2CCC(N[C@H](C)Cc3cccc(C)n3)CC2)nc(N(C)C)n1. The molecule has 0 spiro atoms. The monoisotopic (exact) mass is 382 g/mol. The fraction of sp³-hybridized carbons (Fsp3) is 0.591. The van der Waals surface area contributed by atoms with Gasteiger partial charge in [-0.15, -0.1) is 0 Å². The molecule has 1 saturated heterocycles. The van der Waals surface area contributed by atoms with E-state index in [2.05, 4.69) is 65.2 Å². The third kappa shape index (κ3) is 5.41. The van der Waals surface area contributed by atoms with E-state index in [1.165, 1.54) is 5.69 Å². The number of aryl methyl sites for hydroxylation is 2. The lowest BCUT2D eigenvalue weighted by atomic mass is 10.0. The van der Waals surface area contributed by atoms with Crippen LogP contribution in [0.1, 0.15) is 43.8 Å². The van der Waals surface area contributed by atoms with Gasteiger partial charge in [0.25, 0.3) is 0 Å². The van der Waals surface area contributed by atoms with E-state index in [9.17, 15) is 0 Å². The number of aromatic nitrogens is 3. The zero-order chi connectivity index (χ0) is 20.1. The molecule has 0 aliphatic carbocycles. The van der Waals surface area contributed by atoms with Crippen LogP contribution in [0.2, 0.25) is 0 Å². The Balaban J connectivity index is 1.55. The summed E-state index contributed by atoms with van der Waals surface area (Å²) in [6.07, 6.45) is 4.17.